The van der Waals surface area contributed by atoms with Gasteiger partial charge in [0.2, 0.25) is 0 Å². The zero-order valence-electron chi connectivity index (χ0n) is 17.1. The molecule has 3 aromatic carbocycles. The highest BCUT2D eigenvalue weighted by atomic mass is 32.2. The van der Waals surface area contributed by atoms with Gasteiger partial charge in [-0.3, -0.25) is 4.79 Å². The van der Waals surface area contributed by atoms with Gasteiger partial charge in [-0.2, -0.15) is 8.42 Å². The Hall–Kier alpha value is -3.76. The minimum atomic E-state index is -4.19. The maximum atomic E-state index is 13.1. The molecule has 2 aromatic heterocycles. The Kier molecular flexibility index (Phi) is 5.10. The van der Waals surface area contributed by atoms with Gasteiger partial charge in [0.15, 0.2) is 16.5 Å². The summed E-state index contributed by atoms with van der Waals surface area (Å²) in [5.41, 5.74) is 1.91. The largest absolute Gasteiger partial charge is 0.493 e. The Morgan fingerprint density at radius 2 is 1.79 bits per heavy atom. The highest BCUT2D eigenvalue weighted by molar-refractivity contribution is 7.87. The van der Waals surface area contributed by atoms with Crippen LogP contribution in [0.25, 0.3) is 22.1 Å². The molecule has 5 rings (SSSR count). The zero-order chi connectivity index (χ0) is 23.2. The first-order valence-electron chi connectivity index (χ1n) is 9.65. The Morgan fingerprint density at radius 1 is 1.03 bits per heavy atom. The molecule has 0 bridgehead atoms. The Bertz CT molecular complexity index is 1720. The number of nitrogens with zero attached hydrogens (tertiary/aromatic N) is 2. The summed E-state index contributed by atoms with van der Waals surface area (Å²) < 4.78 is 50.7. The number of halogens is 1. The molecule has 33 heavy (non-hydrogen) atoms. The molecule has 10 heteroatoms. The van der Waals surface area contributed by atoms with Crippen molar-refractivity contribution in [3.63, 3.8) is 0 Å². The monoisotopic (exact) mass is 482 g/mol. The average Bonchev–Trinajstić information content (AvgIpc) is 3.31. The third-order valence-corrected chi connectivity index (χ3v) is 7.15. The maximum Gasteiger partial charge on any atom is 0.339 e. The maximum absolute atomic E-state index is 13.1. The molecule has 0 unspecified atom stereocenters. The predicted molar refractivity (Wildman–Crippen MR) is 123 cm³/mol. The summed E-state index contributed by atoms with van der Waals surface area (Å²) in [4.78, 5) is 17.8. The third-order valence-electron chi connectivity index (χ3n) is 4.93. The average molecular weight is 483 g/mol. The second-order valence-electron chi connectivity index (χ2n) is 7.04. The van der Waals surface area contributed by atoms with Crippen molar-refractivity contribution in [2.24, 2.45) is 0 Å². The second kappa shape index (κ2) is 7.98. The van der Waals surface area contributed by atoms with E-state index in [1.54, 1.807) is 22.6 Å². The van der Waals surface area contributed by atoms with E-state index in [9.17, 15) is 17.6 Å². The molecule has 166 valence electrons. The molecule has 0 radical (unpaired) electrons. The molecular formula is C23H15FN2O5S2. The van der Waals surface area contributed by atoms with E-state index in [0.717, 1.165) is 35.3 Å². The number of para-hydroxylation sites is 2. The first kappa shape index (κ1) is 21.1. The summed E-state index contributed by atoms with van der Waals surface area (Å²) in [5, 5.41) is 0. The van der Waals surface area contributed by atoms with Gasteiger partial charge in [-0.25, -0.2) is 13.8 Å². The van der Waals surface area contributed by atoms with Gasteiger partial charge in [0.25, 0.3) is 5.56 Å². The van der Waals surface area contributed by atoms with Crippen molar-refractivity contribution in [1.29, 1.82) is 0 Å². The van der Waals surface area contributed by atoms with Crippen LogP contribution in [0.3, 0.4) is 0 Å². The van der Waals surface area contributed by atoms with E-state index in [4.69, 9.17) is 8.92 Å². The summed E-state index contributed by atoms with van der Waals surface area (Å²) in [6.45, 7) is 0. The van der Waals surface area contributed by atoms with Crippen LogP contribution in [0.4, 0.5) is 4.39 Å². The van der Waals surface area contributed by atoms with Gasteiger partial charge in [0.1, 0.15) is 10.7 Å². The van der Waals surface area contributed by atoms with Gasteiger partial charge in [-0.05, 0) is 60.2 Å². The van der Waals surface area contributed by atoms with Gasteiger partial charge < -0.3 is 8.92 Å². The van der Waals surface area contributed by atoms with E-state index in [0.29, 0.717) is 15.1 Å². The molecule has 0 spiro atoms. The highest BCUT2D eigenvalue weighted by Crippen LogP contribution is 2.31. The lowest BCUT2D eigenvalue weighted by Gasteiger charge is -2.11. The zero-order valence-corrected chi connectivity index (χ0v) is 18.7. The molecule has 7 nitrogen and oxygen atoms in total. The lowest BCUT2D eigenvalue weighted by Crippen LogP contribution is -2.22. The van der Waals surface area contributed by atoms with E-state index < -0.39 is 15.9 Å². The van der Waals surface area contributed by atoms with Crippen molar-refractivity contribution in [1.82, 2.24) is 9.38 Å². The first-order chi connectivity index (χ1) is 15.9. The molecular weight excluding hydrogens is 467 g/mol. The molecule has 5 aromatic rings. The van der Waals surface area contributed by atoms with E-state index in [-0.39, 0.29) is 22.0 Å². The lowest BCUT2D eigenvalue weighted by molar-refractivity contribution is 0.390. The number of hydrogen-bond acceptors (Lipinski definition) is 7. The summed E-state index contributed by atoms with van der Waals surface area (Å²) in [5.74, 6) is -0.430. The number of fused-ring (bicyclic) bond motifs is 3. The van der Waals surface area contributed by atoms with Gasteiger partial charge in [0, 0.05) is 0 Å². The van der Waals surface area contributed by atoms with Crippen LogP contribution in [-0.4, -0.2) is 24.9 Å². The van der Waals surface area contributed by atoms with Crippen LogP contribution in [0.15, 0.2) is 76.4 Å². The van der Waals surface area contributed by atoms with Crippen molar-refractivity contribution in [3.05, 3.63) is 93.0 Å². The number of benzene rings is 3. The quantitative estimate of drug-likeness (QED) is 0.357. The normalized spacial score (nSPS) is 12.5. The molecule has 0 aliphatic carbocycles. The fraction of sp³-hybridized carbons (Fsp3) is 0.0435. The van der Waals surface area contributed by atoms with E-state index in [1.807, 2.05) is 24.3 Å². The Labute approximate surface area is 191 Å². The number of hydrogen-bond donors (Lipinski definition) is 0. The smallest absolute Gasteiger partial charge is 0.339 e. The number of thiazole rings is 1. The SMILES string of the molecule is COc1cc(C=c2sc3nc4ccccc4n3c2=O)ccc1OS(=O)(=O)c1ccc(F)cc1. The molecule has 0 aliphatic rings. The number of methoxy groups -OCH3 is 1. The Balaban J connectivity index is 1.52. The van der Waals surface area contributed by atoms with Crippen LogP contribution in [0.1, 0.15) is 5.56 Å². The second-order valence-corrected chi connectivity index (χ2v) is 9.59. The fourth-order valence-electron chi connectivity index (χ4n) is 3.37. The molecule has 0 aliphatic heterocycles. The van der Waals surface area contributed by atoms with Crippen molar-refractivity contribution >= 4 is 43.5 Å². The Morgan fingerprint density at radius 3 is 2.55 bits per heavy atom. The molecule has 0 saturated heterocycles. The van der Waals surface area contributed by atoms with E-state index in [1.165, 1.54) is 24.5 Å². The van der Waals surface area contributed by atoms with Gasteiger partial charge >= 0.3 is 10.1 Å². The molecule has 2 heterocycles. The molecule has 0 amide bonds. The number of aromatic nitrogens is 2. The minimum absolute atomic E-state index is 0.0340. The van der Waals surface area contributed by atoms with Crippen LogP contribution in [0.5, 0.6) is 11.5 Å². The molecule has 0 N–H and O–H groups in total. The highest BCUT2D eigenvalue weighted by Gasteiger charge is 2.19. The van der Waals surface area contributed by atoms with Crippen molar-refractivity contribution in [3.8, 4) is 11.5 Å². The van der Waals surface area contributed by atoms with Crippen LogP contribution in [0, 0.1) is 5.82 Å². The summed E-state index contributed by atoms with van der Waals surface area (Å²) >= 11 is 1.26. The summed E-state index contributed by atoms with van der Waals surface area (Å²) in [6.07, 6.45) is 1.68. The fourth-order valence-corrected chi connectivity index (χ4v) is 5.30. The number of imidazole rings is 1. The van der Waals surface area contributed by atoms with Crippen LogP contribution >= 0.6 is 11.3 Å². The first-order valence-corrected chi connectivity index (χ1v) is 11.9. The third kappa shape index (κ3) is 3.83. The predicted octanol–water partition coefficient (Wildman–Crippen LogP) is 3.37. The summed E-state index contributed by atoms with van der Waals surface area (Å²) in [7, 11) is -2.81. The van der Waals surface area contributed by atoms with Crippen molar-refractivity contribution in [2.45, 2.75) is 4.90 Å². The van der Waals surface area contributed by atoms with E-state index in [2.05, 4.69) is 4.98 Å². The standard InChI is InChI=1S/C23H15FN2O5S2/c1-30-20-12-14(6-11-19(20)31-33(28,29)16-9-7-15(24)8-10-16)13-21-22(27)26-18-5-3-2-4-17(18)25-23(26)32-21/h2-13H,1H3. The van der Waals surface area contributed by atoms with Gasteiger partial charge in [-0.1, -0.05) is 29.5 Å². The van der Waals surface area contributed by atoms with Gasteiger partial charge in [-0.15, -0.1) is 0 Å². The molecule has 0 saturated carbocycles. The van der Waals surface area contributed by atoms with Crippen molar-refractivity contribution < 1.29 is 21.7 Å². The number of ether oxygens (including phenoxy) is 1. The lowest BCUT2D eigenvalue weighted by atomic mass is 10.2. The van der Waals surface area contributed by atoms with E-state index >= 15 is 0 Å². The van der Waals surface area contributed by atoms with Crippen LogP contribution < -0.4 is 19.0 Å². The van der Waals surface area contributed by atoms with Crippen LogP contribution in [-0.2, 0) is 10.1 Å². The van der Waals surface area contributed by atoms with Crippen LogP contribution in [0.2, 0.25) is 0 Å². The molecule has 0 fully saturated rings. The minimum Gasteiger partial charge on any atom is -0.493 e. The van der Waals surface area contributed by atoms with Crippen molar-refractivity contribution in [2.75, 3.05) is 7.11 Å². The topological polar surface area (TPSA) is 87.0 Å². The number of rotatable bonds is 5. The summed E-state index contributed by atoms with van der Waals surface area (Å²) in [6, 6.07) is 16.3. The van der Waals surface area contributed by atoms with Gasteiger partial charge in [0.05, 0.1) is 22.7 Å². The molecule has 0 atom stereocenters.